The molecule has 1 atom stereocenters. The van der Waals surface area contributed by atoms with Crippen LogP contribution >= 0.6 is 0 Å². The summed E-state index contributed by atoms with van der Waals surface area (Å²) in [6.07, 6.45) is 6.45. The average molecular weight is 209 g/mol. The molecule has 1 fully saturated rings. The van der Waals surface area contributed by atoms with Crippen molar-refractivity contribution >= 4 is 5.84 Å². The standard InChI is InChI=1S/C12H23N3/c1-15-8-6-11(10-15)9-14-12-5-3-2-4-7-13-12/h11H,2-10H2,1H3,(H,13,14). The van der Waals surface area contributed by atoms with Crippen molar-refractivity contribution in [3.63, 3.8) is 0 Å². The highest BCUT2D eigenvalue weighted by atomic mass is 15.1. The van der Waals surface area contributed by atoms with Crippen LogP contribution in [0.1, 0.15) is 32.1 Å². The topological polar surface area (TPSA) is 27.6 Å². The average Bonchev–Trinajstić information content (AvgIpc) is 2.52. The van der Waals surface area contributed by atoms with Crippen molar-refractivity contribution in [3.8, 4) is 0 Å². The second-order valence-corrected chi connectivity index (χ2v) is 4.94. The minimum absolute atomic E-state index is 0.834. The number of nitrogens with one attached hydrogen (secondary N) is 1. The van der Waals surface area contributed by atoms with Crippen LogP contribution in [0.5, 0.6) is 0 Å². The summed E-state index contributed by atoms with van der Waals surface area (Å²) in [6, 6.07) is 0. The summed E-state index contributed by atoms with van der Waals surface area (Å²) >= 11 is 0. The lowest BCUT2D eigenvalue weighted by atomic mass is 10.1. The second-order valence-electron chi connectivity index (χ2n) is 4.94. The van der Waals surface area contributed by atoms with Crippen molar-refractivity contribution in [2.45, 2.75) is 32.1 Å². The van der Waals surface area contributed by atoms with Crippen molar-refractivity contribution < 1.29 is 0 Å². The molecule has 0 amide bonds. The molecule has 3 nitrogen and oxygen atoms in total. The van der Waals surface area contributed by atoms with Gasteiger partial charge in [0.25, 0.3) is 0 Å². The third-order valence-electron chi connectivity index (χ3n) is 3.46. The lowest BCUT2D eigenvalue weighted by molar-refractivity contribution is 0.394. The van der Waals surface area contributed by atoms with E-state index in [9.17, 15) is 0 Å². The highest BCUT2D eigenvalue weighted by Gasteiger charge is 2.19. The van der Waals surface area contributed by atoms with Gasteiger partial charge in [0.05, 0.1) is 5.84 Å². The first kappa shape index (κ1) is 10.9. The van der Waals surface area contributed by atoms with Gasteiger partial charge in [-0.2, -0.15) is 0 Å². The van der Waals surface area contributed by atoms with Gasteiger partial charge < -0.3 is 10.2 Å². The van der Waals surface area contributed by atoms with Gasteiger partial charge in [0.15, 0.2) is 0 Å². The van der Waals surface area contributed by atoms with Crippen molar-refractivity contribution in [1.29, 1.82) is 0 Å². The summed E-state index contributed by atoms with van der Waals surface area (Å²) in [5.74, 6) is 2.10. The molecule has 2 rings (SSSR count). The van der Waals surface area contributed by atoms with Gasteiger partial charge in [-0.05, 0) is 38.8 Å². The fraction of sp³-hybridized carbons (Fsp3) is 0.917. The lowest BCUT2D eigenvalue weighted by Crippen LogP contribution is -2.30. The summed E-state index contributed by atoms with van der Waals surface area (Å²) in [4.78, 5) is 7.01. The molecular weight excluding hydrogens is 186 g/mol. The van der Waals surface area contributed by atoms with E-state index in [2.05, 4.69) is 22.3 Å². The Balaban J connectivity index is 1.70. The van der Waals surface area contributed by atoms with Crippen molar-refractivity contribution in [3.05, 3.63) is 0 Å². The van der Waals surface area contributed by atoms with E-state index in [1.807, 2.05) is 0 Å². The molecule has 0 spiro atoms. The molecule has 3 heteroatoms. The Morgan fingerprint density at radius 2 is 2.33 bits per heavy atom. The van der Waals surface area contributed by atoms with Crippen LogP contribution in [-0.2, 0) is 0 Å². The molecule has 15 heavy (non-hydrogen) atoms. The summed E-state index contributed by atoms with van der Waals surface area (Å²) in [7, 11) is 2.21. The van der Waals surface area contributed by atoms with Crippen LogP contribution in [0.2, 0.25) is 0 Å². The summed E-state index contributed by atoms with van der Waals surface area (Å²) in [5, 5.41) is 3.55. The first-order valence-electron chi connectivity index (χ1n) is 6.30. The highest BCUT2D eigenvalue weighted by Crippen LogP contribution is 2.13. The first-order valence-corrected chi connectivity index (χ1v) is 6.30. The van der Waals surface area contributed by atoms with E-state index >= 15 is 0 Å². The largest absolute Gasteiger partial charge is 0.374 e. The Morgan fingerprint density at radius 3 is 3.13 bits per heavy atom. The molecule has 1 N–H and O–H groups in total. The van der Waals surface area contributed by atoms with Gasteiger partial charge in [0.1, 0.15) is 0 Å². The van der Waals surface area contributed by atoms with E-state index in [0.29, 0.717) is 0 Å². The van der Waals surface area contributed by atoms with Crippen LogP contribution < -0.4 is 5.32 Å². The highest BCUT2D eigenvalue weighted by molar-refractivity contribution is 5.82. The van der Waals surface area contributed by atoms with E-state index in [-0.39, 0.29) is 0 Å². The number of rotatable bonds is 2. The minimum atomic E-state index is 0.834. The van der Waals surface area contributed by atoms with Crippen LogP contribution in [0.4, 0.5) is 0 Å². The number of hydrogen-bond donors (Lipinski definition) is 1. The fourth-order valence-corrected chi connectivity index (χ4v) is 2.47. The van der Waals surface area contributed by atoms with E-state index in [0.717, 1.165) is 19.0 Å². The first-order chi connectivity index (χ1) is 7.34. The molecule has 1 saturated heterocycles. The van der Waals surface area contributed by atoms with Crippen LogP contribution in [0.15, 0.2) is 4.99 Å². The number of likely N-dealkylation sites (tertiary alicyclic amines) is 1. The Hall–Kier alpha value is -0.570. The van der Waals surface area contributed by atoms with Crippen molar-refractivity contribution in [2.75, 3.05) is 33.2 Å². The van der Waals surface area contributed by atoms with Gasteiger partial charge in [-0.1, -0.05) is 6.42 Å². The number of amidine groups is 1. The van der Waals surface area contributed by atoms with Crippen molar-refractivity contribution in [2.24, 2.45) is 10.9 Å². The third kappa shape index (κ3) is 3.49. The molecule has 2 aliphatic rings. The zero-order valence-corrected chi connectivity index (χ0v) is 9.84. The van der Waals surface area contributed by atoms with E-state index in [4.69, 9.17) is 0 Å². The van der Waals surface area contributed by atoms with E-state index in [1.165, 1.54) is 51.0 Å². The Labute approximate surface area is 92.9 Å². The van der Waals surface area contributed by atoms with Crippen LogP contribution in [-0.4, -0.2) is 44.0 Å². The maximum absolute atomic E-state index is 4.60. The van der Waals surface area contributed by atoms with Gasteiger partial charge >= 0.3 is 0 Å². The lowest BCUT2D eigenvalue weighted by Gasteiger charge is -2.13. The summed E-state index contributed by atoms with van der Waals surface area (Å²) in [5.41, 5.74) is 0. The zero-order valence-electron chi connectivity index (χ0n) is 9.84. The van der Waals surface area contributed by atoms with Crippen LogP contribution in [0.25, 0.3) is 0 Å². The SMILES string of the molecule is CN1CCC(CNC2=NCCCCC2)C1. The van der Waals surface area contributed by atoms with Gasteiger partial charge in [-0.25, -0.2) is 0 Å². The monoisotopic (exact) mass is 209 g/mol. The molecule has 0 radical (unpaired) electrons. The smallest absolute Gasteiger partial charge is 0.0963 e. The normalized spacial score (nSPS) is 28.6. The van der Waals surface area contributed by atoms with Gasteiger partial charge in [0.2, 0.25) is 0 Å². The molecule has 2 heterocycles. The maximum atomic E-state index is 4.60. The molecule has 1 unspecified atom stereocenters. The zero-order chi connectivity index (χ0) is 10.5. The number of hydrogen-bond acceptors (Lipinski definition) is 3. The molecule has 0 aliphatic carbocycles. The predicted octanol–water partition coefficient (Wildman–Crippen LogP) is 1.50. The molecule has 2 aliphatic heterocycles. The molecule has 86 valence electrons. The van der Waals surface area contributed by atoms with E-state index in [1.54, 1.807) is 0 Å². The Kier molecular flexibility index (Phi) is 4.01. The fourth-order valence-electron chi connectivity index (χ4n) is 2.47. The predicted molar refractivity (Wildman–Crippen MR) is 64.4 cm³/mol. The summed E-state index contributed by atoms with van der Waals surface area (Å²) < 4.78 is 0. The number of aliphatic imine (C=N–C) groups is 1. The van der Waals surface area contributed by atoms with Crippen LogP contribution in [0.3, 0.4) is 0 Å². The molecule has 0 aromatic rings. The van der Waals surface area contributed by atoms with Gasteiger partial charge in [-0.15, -0.1) is 0 Å². The molecule has 0 aromatic heterocycles. The third-order valence-corrected chi connectivity index (χ3v) is 3.46. The molecule has 0 bridgehead atoms. The Morgan fingerprint density at radius 1 is 1.40 bits per heavy atom. The summed E-state index contributed by atoms with van der Waals surface area (Å²) in [6.45, 7) is 4.68. The second kappa shape index (κ2) is 5.50. The minimum Gasteiger partial charge on any atom is -0.374 e. The quantitative estimate of drug-likeness (QED) is 0.746. The molecule has 0 saturated carbocycles. The van der Waals surface area contributed by atoms with Gasteiger partial charge in [-0.3, -0.25) is 4.99 Å². The van der Waals surface area contributed by atoms with Crippen LogP contribution in [0, 0.1) is 5.92 Å². The molecular formula is C12H23N3. The molecule has 0 aromatic carbocycles. The van der Waals surface area contributed by atoms with E-state index < -0.39 is 0 Å². The number of nitrogens with zero attached hydrogens (tertiary/aromatic N) is 2. The Bertz CT molecular complexity index is 225. The maximum Gasteiger partial charge on any atom is 0.0963 e. The van der Waals surface area contributed by atoms with Gasteiger partial charge in [0, 0.05) is 26.1 Å². The van der Waals surface area contributed by atoms with Crippen molar-refractivity contribution in [1.82, 2.24) is 10.2 Å².